The van der Waals surface area contributed by atoms with E-state index in [1.807, 2.05) is 53.9 Å². The zero-order chi connectivity index (χ0) is 19.1. The van der Waals surface area contributed by atoms with Gasteiger partial charge in [0.25, 0.3) is 0 Å². The number of hydrogen-bond donors (Lipinski definition) is 2. The van der Waals surface area contributed by atoms with E-state index in [4.69, 9.17) is 16.6 Å². The molecule has 0 radical (unpaired) electrons. The molecule has 0 fully saturated rings. The van der Waals surface area contributed by atoms with Crippen LogP contribution in [0.5, 0.6) is 0 Å². The SMILES string of the molecule is C/C(O)=C(/C)c1ccc(-c2nc3ccc(Cl)cn3c2NC(C)(C)C)cc1. The summed E-state index contributed by atoms with van der Waals surface area (Å²) in [6.45, 7) is 9.94. The molecule has 5 heteroatoms. The number of hydrogen-bond acceptors (Lipinski definition) is 3. The lowest BCUT2D eigenvalue weighted by molar-refractivity contribution is 0.416. The molecule has 0 aliphatic heterocycles. The summed E-state index contributed by atoms with van der Waals surface area (Å²) in [5, 5.41) is 13.9. The third-order valence-electron chi connectivity index (χ3n) is 4.21. The minimum absolute atomic E-state index is 0.125. The second-order valence-corrected chi connectivity index (χ2v) is 7.98. The summed E-state index contributed by atoms with van der Waals surface area (Å²) in [6.07, 6.45) is 1.87. The van der Waals surface area contributed by atoms with Crippen molar-refractivity contribution in [3.05, 3.63) is 58.9 Å². The van der Waals surface area contributed by atoms with Gasteiger partial charge in [-0.3, -0.25) is 4.40 Å². The molecule has 0 unspecified atom stereocenters. The van der Waals surface area contributed by atoms with Crippen LogP contribution < -0.4 is 5.32 Å². The van der Waals surface area contributed by atoms with Gasteiger partial charge in [0.2, 0.25) is 0 Å². The minimum atomic E-state index is -0.125. The zero-order valence-corrected chi connectivity index (χ0v) is 16.5. The summed E-state index contributed by atoms with van der Waals surface area (Å²) in [5.41, 5.74) is 4.44. The van der Waals surface area contributed by atoms with E-state index in [1.54, 1.807) is 6.92 Å². The number of nitrogens with one attached hydrogen (secondary N) is 1. The van der Waals surface area contributed by atoms with Crippen LogP contribution in [0.25, 0.3) is 22.5 Å². The number of aliphatic hydroxyl groups excluding tert-OH is 1. The summed E-state index contributed by atoms with van der Waals surface area (Å²) in [5.74, 6) is 1.24. The molecule has 0 atom stereocenters. The lowest BCUT2D eigenvalue weighted by Gasteiger charge is -2.22. The third kappa shape index (κ3) is 3.70. The molecule has 1 aromatic carbocycles. The summed E-state index contributed by atoms with van der Waals surface area (Å²) >= 11 is 6.20. The van der Waals surface area contributed by atoms with Crippen LogP contribution in [0.3, 0.4) is 0 Å². The molecule has 2 heterocycles. The van der Waals surface area contributed by atoms with E-state index in [2.05, 4.69) is 26.1 Å². The van der Waals surface area contributed by atoms with Gasteiger partial charge in [0.1, 0.15) is 17.2 Å². The van der Waals surface area contributed by atoms with Crippen molar-refractivity contribution in [2.24, 2.45) is 0 Å². The van der Waals surface area contributed by atoms with Gasteiger partial charge in [0.15, 0.2) is 0 Å². The molecular weight excluding hydrogens is 346 g/mol. The van der Waals surface area contributed by atoms with Crippen LogP contribution in [0.15, 0.2) is 48.4 Å². The Morgan fingerprint density at radius 3 is 2.31 bits per heavy atom. The second-order valence-electron chi connectivity index (χ2n) is 7.55. The first-order valence-electron chi connectivity index (χ1n) is 8.59. The average Bonchev–Trinajstić information content (AvgIpc) is 2.90. The molecule has 0 amide bonds. The van der Waals surface area contributed by atoms with Crippen molar-refractivity contribution in [3.63, 3.8) is 0 Å². The van der Waals surface area contributed by atoms with Crippen molar-refractivity contribution >= 4 is 28.6 Å². The fraction of sp³-hybridized carbons (Fsp3) is 0.286. The Morgan fingerprint density at radius 1 is 1.08 bits per heavy atom. The van der Waals surface area contributed by atoms with Gasteiger partial charge in [0, 0.05) is 17.3 Å². The first-order valence-corrected chi connectivity index (χ1v) is 8.96. The molecule has 0 saturated heterocycles. The number of imidazole rings is 1. The number of halogens is 1. The van der Waals surface area contributed by atoms with E-state index in [-0.39, 0.29) is 5.54 Å². The second kappa shape index (κ2) is 6.69. The first kappa shape index (κ1) is 18.3. The number of aliphatic hydroxyl groups is 1. The maximum Gasteiger partial charge on any atom is 0.139 e. The van der Waals surface area contributed by atoms with Crippen LogP contribution in [-0.4, -0.2) is 20.0 Å². The molecular formula is C21H24ClN3O. The van der Waals surface area contributed by atoms with Crippen molar-refractivity contribution in [1.82, 2.24) is 9.38 Å². The van der Waals surface area contributed by atoms with E-state index in [9.17, 15) is 5.11 Å². The molecule has 3 aromatic rings. The highest BCUT2D eigenvalue weighted by atomic mass is 35.5. The van der Waals surface area contributed by atoms with Crippen molar-refractivity contribution in [1.29, 1.82) is 0 Å². The molecule has 2 aromatic heterocycles. The highest BCUT2D eigenvalue weighted by molar-refractivity contribution is 6.30. The molecule has 2 N–H and O–H groups in total. The molecule has 136 valence electrons. The maximum atomic E-state index is 9.70. The topological polar surface area (TPSA) is 49.6 Å². The molecule has 0 spiro atoms. The average molecular weight is 370 g/mol. The van der Waals surface area contributed by atoms with E-state index in [0.29, 0.717) is 10.8 Å². The number of rotatable bonds is 3. The maximum absolute atomic E-state index is 9.70. The Bertz CT molecular complexity index is 975. The van der Waals surface area contributed by atoms with Gasteiger partial charge in [-0.1, -0.05) is 35.9 Å². The Hall–Kier alpha value is -2.46. The van der Waals surface area contributed by atoms with Gasteiger partial charge in [-0.25, -0.2) is 4.98 Å². The number of nitrogens with zero attached hydrogens (tertiary/aromatic N) is 2. The van der Waals surface area contributed by atoms with Crippen LogP contribution >= 0.6 is 11.6 Å². The molecule has 0 aliphatic carbocycles. The summed E-state index contributed by atoms with van der Waals surface area (Å²) in [4.78, 5) is 4.80. The van der Waals surface area contributed by atoms with E-state index >= 15 is 0 Å². The van der Waals surface area contributed by atoms with Gasteiger partial charge in [-0.15, -0.1) is 0 Å². The smallest absolute Gasteiger partial charge is 0.139 e. The number of anilines is 1. The van der Waals surface area contributed by atoms with E-state index in [1.165, 1.54) is 0 Å². The van der Waals surface area contributed by atoms with Crippen molar-refractivity contribution in [3.8, 4) is 11.3 Å². The van der Waals surface area contributed by atoms with Crippen LogP contribution in [0.2, 0.25) is 5.02 Å². The lowest BCUT2D eigenvalue weighted by Crippen LogP contribution is -2.27. The normalized spacial score (nSPS) is 13.0. The Balaban J connectivity index is 2.15. The fourth-order valence-electron chi connectivity index (χ4n) is 2.78. The minimum Gasteiger partial charge on any atom is -0.512 e. The molecule has 4 nitrogen and oxygen atoms in total. The highest BCUT2D eigenvalue weighted by Crippen LogP contribution is 2.32. The van der Waals surface area contributed by atoms with Crippen LogP contribution in [-0.2, 0) is 0 Å². The molecule has 0 saturated carbocycles. The molecule has 26 heavy (non-hydrogen) atoms. The predicted molar refractivity (Wildman–Crippen MR) is 110 cm³/mol. The van der Waals surface area contributed by atoms with Crippen LogP contribution in [0.4, 0.5) is 5.82 Å². The van der Waals surface area contributed by atoms with Gasteiger partial charge >= 0.3 is 0 Å². The number of benzene rings is 1. The van der Waals surface area contributed by atoms with Crippen molar-refractivity contribution in [2.75, 3.05) is 5.32 Å². The largest absolute Gasteiger partial charge is 0.512 e. The summed E-state index contributed by atoms with van der Waals surface area (Å²) in [6, 6.07) is 11.8. The molecule has 0 aliphatic rings. The fourth-order valence-corrected chi connectivity index (χ4v) is 2.94. The highest BCUT2D eigenvalue weighted by Gasteiger charge is 2.19. The summed E-state index contributed by atoms with van der Waals surface area (Å²) < 4.78 is 1.99. The van der Waals surface area contributed by atoms with Crippen molar-refractivity contribution in [2.45, 2.75) is 40.2 Å². The van der Waals surface area contributed by atoms with Crippen molar-refractivity contribution < 1.29 is 5.11 Å². The lowest BCUT2D eigenvalue weighted by atomic mass is 10.0. The third-order valence-corrected chi connectivity index (χ3v) is 4.43. The number of pyridine rings is 1. The predicted octanol–water partition coefficient (Wildman–Crippen LogP) is 6.17. The van der Waals surface area contributed by atoms with Gasteiger partial charge in [0.05, 0.1) is 10.8 Å². The molecule has 3 rings (SSSR count). The standard InChI is InChI=1S/C21H24ClN3O/c1-13(14(2)26)15-6-8-16(9-7-15)19-20(24-21(3,4)5)25-12-17(22)10-11-18(25)23-19/h6-12,24,26H,1-5H3/b14-13+. The number of aromatic nitrogens is 2. The van der Waals surface area contributed by atoms with Gasteiger partial charge in [-0.2, -0.15) is 0 Å². The van der Waals surface area contributed by atoms with Crippen LogP contribution in [0.1, 0.15) is 40.2 Å². The van der Waals surface area contributed by atoms with Crippen LogP contribution in [0, 0.1) is 0 Å². The Morgan fingerprint density at radius 2 is 1.73 bits per heavy atom. The van der Waals surface area contributed by atoms with Gasteiger partial charge < -0.3 is 10.4 Å². The molecule has 0 bridgehead atoms. The first-order chi connectivity index (χ1) is 12.2. The van der Waals surface area contributed by atoms with E-state index in [0.717, 1.165) is 33.9 Å². The monoisotopic (exact) mass is 369 g/mol. The number of allylic oxidation sites excluding steroid dienone is 2. The zero-order valence-electron chi connectivity index (χ0n) is 15.8. The Kier molecular flexibility index (Phi) is 4.72. The quantitative estimate of drug-likeness (QED) is 0.542. The summed E-state index contributed by atoms with van der Waals surface area (Å²) in [7, 11) is 0. The number of fused-ring (bicyclic) bond motifs is 1. The van der Waals surface area contributed by atoms with E-state index < -0.39 is 0 Å². The van der Waals surface area contributed by atoms with Gasteiger partial charge in [-0.05, 0) is 57.9 Å². The Labute approximate surface area is 159 Å².